The Morgan fingerprint density at radius 2 is 1.76 bits per heavy atom. The van der Waals surface area contributed by atoms with Gasteiger partial charge in [-0.05, 0) is 49.1 Å². The second kappa shape index (κ2) is 8.37. The number of hydrogen-bond donors (Lipinski definition) is 1. The van der Waals surface area contributed by atoms with Crippen molar-refractivity contribution >= 4 is 17.5 Å². The zero-order valence-corrected chi connectivity index (χ0v) is 16.9. The number of aryl methyl sites for hydroxylation is 1. The molecule has 0 radical (unpaired) electrons. The molecule has 2 aliphatic rings. The topological polar surface area (TPSA) is 58.6 Å². The van der Waals surface area contributed by atoms with Crippen LogP contribution < -0.4 is 5.32 Å². The van der Waals surface area contributed by atoms with Crippen molar-refractivity contribution in [2.45, 2.75) is 26.2 Å². The molecule has 5 nitrogen and oxygen atoms in total. The standard InChI is InChI=1S/C24H28N2O3/c1-2-18-8-10-19(11-9-18)23(28)26-16-21(24(17-26)12-14-29-15-13-24)22(27)25-20-6-4-3-5-7-20/h3-11,21H,2,12-17H2,1H3,(H,25,27)/t21-/m1/s1. The second-order valence-electron chi connectivity index (χ2n) is 8.12. The molecule has 4 rings (SSSR count). The number of ether oxygens (including phenoxy) is 1. The average molecular weight is 392 g/mol. The van der Waals surface area contributed by atoms with E-state index in [1.54, 1.807) is 0 Å². The Morgan fingerprint density at radius 1 is 1.07 bits per heavy atom. The van der Waals surface area contributed by atoms with Crippen LogP contribution in [0.15, 0.2) is 54.6 Å². The quantitative estimate of drug-likeness (QED) is 0.862. The lowest BCUT2D eigenvalue weighted by atomic mass is 9.71. The minimum atomic E-state index is -0.231. The van der Waals surface area contributed by atoms with Gasteiger partial charge in [-0.15, -0.1) is 0 Å². The van der Waals surface area contributed by atoms with Gasteiger partial charge in [-0.1, -0.05) is 37.3 Å². The monoisotopic (exact) mass is 392 g/mol. The summed E-state index contributed by atoms with van der Waals surface area (Å²) >= 11 is 0. The molecule has 1 N–H and O–H groups in total. The van der Waals surface area contributed by atoms with Crippen LogP contribution in [-0.4, -0.2) is 43.0 Å². The van der Waals surface area contributed by atoms with E-state index < -0.39 is 0 Å². The number of amides is 2. The zero-order valence-electron chi connectivity index (χ0n) is 16.9. The van der Waals surface area contributed by atoms with Gasteiger partial charge >= 0.3 is 0 Å². The molecule has 2 aromatic rings. The van der Waals surface area contributed by atoms with Crippen LogP contribution in [0.1, 0.15) is 35.7 Å². The lowest BCUT2D eigenvalue weighted by molar-refractivity contribution is -0.124. The molecule has 0 unspecified atom stereocenters. The fraction of sp³-hybridized carbons (Fsp3) is 0.417. The number of carbonyl (C=O) groups excluding carboxylic acids is 2. The Balaban J connectivity index is 1.55. The van der Waals surface area contributed by atoms with Crippen LogP contribution in [0.4, 0.5) is 5.69 Å². The lowest BCUT2D eigenvalue weighted by Crippen LogP contribution is -2.42. The first-order chi connectivity index (χ1) is 14.1. The van der Waals surface area contributed by atoms with Gasteiger partial charge < -0.3 is 15.0 Å². The molecule has 0 saturated carbocycles. The number of carbonyl (C=O) groups is 2. The highest BCUT2D eigenvalue weighted by atomic mass is 16.5. The van der Waals surface area contributed by atoms with Crippen LogP contribution >= 0.6 is 0 Å². The minimum Gasteiger partial charge on any atom is -0.381 e. The maximum absolute atomic E-state index is 13.2. The number of nitrogens with one attached hydrogen (secondary N) is 1. The van der Waals surface area contributed by atoms with Gasteiger partial charge in [0.05, 0.1) is 5.92 Å². The first-order valence-corrected chi connectivity index (χ1v) is 10.4. The number of benzene rings is 2. The Kier molecular flexibility index (Phi) is 5.67. The molecule has 2 saturated heterocycles. The minimum absolute atomic E-state index is 0.00488. The van der Waals surface area contributed by atoms with Gasteiger partial charge in [0.25, 0.3) is 5.91 Å². The molecule has 2 amide bonds. The van der Waals surface area contributed by atoms with Crippen molar-refractivity contribution in [1.29, 1.82) is 0 Å². The van der Waals surface area contributed by atoms with Crippen molar-refractivity contribution in [3.05, 3.63) is 65.7 Å². The third-order valence-electron chi connectivity index (χ3n) is 6.39. The molecule has 1 atom stereocenters. The molecule has 2 aliphatic heterocycles. The van der Waals surface area contributed by atoms with E-state index >= 15 is 0 Å². The summed E-state index contributed by atoms with van der Waals surface area (Å²) in [6.07, 6.45) is 2.56. The fourth-order valence-electron chi connectivity index (χ4n) is 4.59. The Morgan fingerprint density at radius 3 is 2.41 bits per heavy atom. The molecule has 2 aromatic carbocycles. The van der Waals surface area contributed by atoms with E-state index in [0.29, 0.717) is 31.9 Å². The molecule has 5 heteroatoms. The largest absolute Gasteiger partial charge is 0.381 e. The lowest BCUT2D eigenvalue weighted by Gasteiger charge is -2.37. The Labute approximate surface area is 172 Å². The molecule has 0 aromatic heterocycles. The summed E-state index contributed by atoms with van der Waals surface area (Å²) in [6, 6.07) is 17.3. The van der Waals surface area contributed by atoms with E-state index in [0.717, 1.165) is 24.9 Å². The molecule has 152 valence electrons. The highest BCUT2D eigenvalue weighted by Crippen LogP contribution is 2.45. The number of rotatable bonds is 4. The van der Waals surface area contributed by atoms with Crippen LogP contribution in [0.5, 0.6) is 0 Å². The summed E-state index contributed by atoms with van der Waals surface area (Å²) in [6.45, 7) is 4.44. The predicted molar refractivity (Wildman–Crippen MR) is 113 cm³/mol. The normalized spacial score (nSPS) is 20.6. The van der Waals surface area contributed by atoms with E-state index in [4.69, 9.17) is 4.74 Å². The van der Waals surface area contributed by atoms with Gasteiger partial charge in [-0.3, -0.25) is 9.59 Å². The van der Waals surface area contributed by atoms with Crippen LogP contribution in [-0.2, 0) is 16.0 Å². The van der Waals surface area contributed by atoms with Crippen LogP contribution in [0.25, 0.3) is 0 Å². The van der Waals surface area contributed by atoms with Gasteiger partial charge in [0.1, 0.15) is 0 Å². The first-order valence-electron chi connectivity index (χ1n) is 10.4. The van der Waals surface area contributed by atoms with Crippen molar-refractivity contribution in [3.8, 4) is 0 Å². The summed E-state index contributed by atoms with van der Waals surface area (Å²) in [5.74, 6) is -0.228. The summed E-state index contributed by atoms with van der Waals surface area (Å²) in [4.78, 5) is 28.2. The number of hydrogen-bond acceptors (Lipinski definition) is 3. The van der Waals surface area contributed by atoms with E-state index in [1.807, 2.05) is 59.5 Å². The number of para-hydroxylation sites is 1. The fourth-order valence-corrected chi connectivity index (χ4v) is 4.59. The smallest absolute Gasteiger partial charge is 0.253 e. The Hall–Kier alpha value is -2.66. The van der Waals surface area contributed by atoms with E-state index in [-0.39, 0.29) is 23.1 Å². The summed E-state index contributed by atoms with van der Waals surface area (Å²) < 4.78 is 5.57. The van der Waals surface area contributed by atoms with Crippen LogP contribution in [0.3, 0.4) is 0 Å². The number of anilines is 1. The van der Waals surface area contributed by atoms with E-state index in [9.17, 15) is 9.59 Å². The Bertz CT molecular complexity index is 857. The summed E-state index contributed by atoms with van der Waals surface area (Å²) in [5, 5.41) is 3.05. The van der Waals surface area contributed by atoms with Crippen LogP contribution in [0, 0.1) is 11.3 Å². The third-order valence-corrected chi connectivity index (χ3v) is 6.39. The highest BCUT2D eigenvalue weighted by molar-refractivity contribution is 5.97. The molecule has 2 fully saturated rings. The zero-order chi connectivity index (χ0) is 20.3. The van der Waals surface area contributed by atoms with Gasteiger partial charge in [-0.25, -0.2) is 0 Å². The molecular formula is C24H28N2O3. The van der Waals surface area contributed by atoms with Gasteiger partial charge in [0.15, 0.2) is 0 Å². The van der Waals surface area contributed by atoms with Crippen molar-refractivity contribution in [1.82, 2.24) is 4.90 Å². The molecule has 2 heterocycles. The highest BCUT2D eigenvalue weighted by Gasteiger charge is 2.51. The van der Waals surface area contributed by atoms with Crippen molar-refractivity contribution in [3.63, 3.8) is 0 Å². The van der Waals surface area contributed by atoms with Crippen molar-refractivity contribution in [2.75, 3.05) is 31.6 Å². The SMILES string of the molecule is CCc1ccc(C(=O)N2C[C@H](C(=O)Nc3ccccc3)C3(CCOCC3)C2)cc1. The average Bonchev–Trinajstić information content (AvgIpc) is 3.13. The number of nitrogens with zero attached hydrogens (tertiary/aromatic N) is 1. The molecule has 1 spiro atoms. The molecule has 0 bridgehead atoms. The van der Waals surface area contributed by atoms with Gasteiger partial charge in [0, 0.05) is 43.0 Å². The van der Waals surface area contributed by atoms with Gasteiger partial charge in [0.2, 0.25) is 5.91 Å². The van der Waals surface area contributed by atoms with Crippen molar-refractivity contribution in [2.24, 2.45) is 11.3 Å². The van der Waals surface area contributed by atoms with Crippen LogP contribution in [0.2, 0.25) is 0 Å². The van der Waals surface area contributed by atoms with E-state index in [1.165, 1.54) is 5.56 Å². The maximum atomic E-state index is 13.2. The maximum Gasteiger partial charge on any atom is 0.253 e. The first kappa shape index (κ1) is 19.6. The van der Waals surface area contributed by atoms with Crippen molar-refractivity contribution < 1.29 is 14.3 Å². The summed E-state index contributed by atoms with van der Waals surface area (Å²) in [5.41, 5.74) is 2.48. The number of likely N-dealkylation sites (tertiary alicyclic amines) is 1. The molecular weight excluding hydrogens is 364 g/mol. The third kappa shape index (κ3) is 4.06. The second-order valence-corrected chi connectivity index (χ2v) is 8.12. The molecule has 0 aliphatic carbocycles. The summed E-state index contributed by atoms with van der Waals surface area (Å²) in [7, 11) is 0. The van der Waals surface area contributed by atoms with E-state index in [2.05, 4.69) is 12.2 Å². The predicted octanol–water partition coefficient (Wildman–Crippen LogP) is 3.76. The van der Waals surface area contributed by atoms with Gasteiger partial charge in [-0.2, -0.15) is 0 Å². The molecule has 29 heavy (non-hydrogen) atoms.